The molecule has 0 amide bonds. The Labute approximate surface area is 189 Å². The van der Waals surface area contributed by atoms with Crippen LogP contribution in [0.3, 0.4) is 0 Å². The fourth-order valence-corrected chi connectivity index (χ4v) is 6.44. The van der Waals surface area contributed by atoms with Gasteiger partial charge in [0.2, 0.25) is 0 Å². The van der Waals surface area contributed by atoms with Gasteiger partial charge in [-0.05, 0) is 73.2 Å². The monoisotopic (exact) mass is 428 g/mol. The van der Waals surface area contributed by atoms with Gasteiger partial charge in [-0.2, -0.15) is 0 Å². The van der Waals surface area contributed by atoms with Crippen molar-refractivity contribution in [2.24, 2.45) is 35.0 Å². The van der Waals surface area contributed by atoms with Crippen molar-refractivity contribution < 1.29 is 15.3 Å². The molecule has 3 saturated carbocycles. The highest BCUT2D eigenvalue weighted by molar-refractivity contribution is 5.36. The van der Waals surface area contributed by atoms with E-state index in [-0.39, 0.29) is 29.3 Å². The number of rotatable bonds is 5. The summed E-state index contributed by atoms with van der Waals surface area (Å²) < 4.78 is 0. The van der Waals surface area contributed by atoms with Crippen LogP contribution in [0.25, 0.3) is 0 Å². The Balaban J connectivity index is 1.86. The van der Waals surface area contributed by atoms with Crippen LogP contribution in [0.4, 0.5) is 0 Å². The highest BCUT2D eigenvalue weighted by Gasteiger charge is 2.61. The maximum absolute atomic E-state index is 11.1. The minimum Gasteiger partial charge on any atom is -0.393 e. The van der Waals surface area contributed by atoms with Gasteiger partial charge >= 0.3 is 0 Å². The number of hydrogen-bond acceptors (Lipinski definition) is 3. The first-order valence-electron chi connectivity index (χ1n) is 12.3. The molecule has 3 nitrogen and oxygen atoms in total. The minimum atomic E-state index is -1.65. The van der Waals surface area contributed by atoms with Crippen molar-refractivity contribution >= 4 is 0 Å². The lowest BCUT2D eigenvalue weighted by Crippen LogP contribution is -2.43. The van der Waals surface area contributed by atoms with Crippen molar-refractivity contribution in [3.05, 3.63) is 47.6 Å². The van der Waals surface area contributed by atoms with Crippen molar-refractivity contribution in [3.8, 4) is 0 Å². The lowest BCUT2D eigenvalue weighted by atomic mass is 9.60. The van der Waals surface area contributed by atoms with Crippen molar-refractivity contribution in [3.63, 3.8) is 0 Å². The van der Waals surface area contributed by atoms with E-state index in [1.54, 1.807) is 0 Å². The molecule has 31 heavy (non-hydrogen) atoms. The van der Waals surface area contributed by atoms with Crippen LogP contribution >= 0.6 is 0 Å². The third-order valence-corrected chi connectivity index (χ3v) is 8.62. The summed E-state index contributed by atoms with van der Waals surface area (Å²) in [6.45, 7) is 15.3. The molecular formula is C28H44O3. The van der Waals surface area contributed by atoms with E-state index < -0.39 is 5.79 Å². The van der Waals surface area contributed by atoms with E-state index in [2.05, 4.69) is 65.5 Å². The van der Waals surface area contributed by atoms with Crippen LogP contribution in [0.2, 0.25) is 0 Å². The zero-order valence-corrected chi connectivity index (χ0v) is 20.3. The summed E-state index contributed by atoms with van der Waals surface area (Å²) >= 11 is 0. The van der Waals surface area contributed by atoms with Crippen LogP contribution in [0.5, 0.6) is 0 Å². The molecule has 0 saturated heterocycles. The van der Waals surface area contributed by atoms with E-state index in [1.165, 1.54) is 5.57 Å². The van der Waals surface area contributed by atoms with Crippen LogP contribution in [0, 0.1) is 35.0 Å². The molecule has 3 fully saturated rings. The predicted molar refractivity (Wildman–Crippen MR) is 128 cm³/mol. The highest BCUT2D eigenvalue weighted by Crippen LogP contribution is 2.62. The molecule has 6 atom stereocenters. The fourth-order valence-electron chi connectivity index (χ4n) is 6.44. The third-order valence-electron chi connectivity index (χ3n) is 8.62. The standard InChI is InChI=1S/C28H44O3/c1-18(2)19(3)9-10-21(5)26-27(6)15-7-8-22(25(27)17-28(26,30)31)12-13-23-16-24(29)14-11-20(23)4/h9-10,12-13,18-19,21,24-26,29-31H,4,7-8,11,14-17H2,1-3,5-6H3/b10-9+,22-12+,23-13+/t19-,21+,24-,25?,26-,27+/m0/s1. The summed E-state index contributed by atoms with van der Waals surface area (Å²) in [4.78, 5) is 0. The van der Waals surface area contributed by atoms with Crippen LogP contribution in [0.1, 0.15) is 79.6 Å². The molecule has 0 bridgehead atoms. The van der Waals surface area contributed by atoms with Gasteiger partial charge in [-0.1, -0.05) is 76.6 Å². The fraction of sp³-hybridized carbons (Fsp3) is 0.714. The second-order valence-electron chi connectivity index (χ2n) is 11.3. The first kappa shape index (κ1) is 24.5. The van der Waals surface area contributed by atoms with E-state index in [9.17, 15) is 15.3 Å². The Kier molecular flexibility index (Phi) is 7.40. The maximum Gasteiger partial charge on any atom is 0.167 e. The maximum atomic E-state index is 11.1. The van der Waals surface area contributed by atoms with Crippen molar-refractivity contribution in [1.29, 1.82) is 0 Å². The molecule has 0 spiro atoms. The summed E-state index contributed by atoms with van der Waals surface area (Å²) in [5.74, 6) is -0.481. The molecule has 1 unspecified atom stereocenters. The Hall–Kier alpha value is -1.16. The van der Waals surface area contributed by atoms with Crippen molar-refractivity contribution in [2.75, 3.05) is 0 Å². The first-order chi connectivity index (χ1) is 14.5. The smallest absolute Gasteiger partial charge is 0.167 e. The van der Waals surface area contributed by atoms with Crippen LogP contribution in [0.15, 0.2) is 47.6 Å². The number of allylic oxidation sites excluding steroid dienone is 6. The van der Waals surface area contributed by atoms with Gasteiger partial charge in [0.05, 0.1) is 6.10 Å². The molecule has 174 valence electrons. The summed E-state index contributed by atoms with van der Waals surface area (Å²) in [5, 5.41) is 32.3. The zero-order chi connectivity index (χ0) is 23.0. The summed E-state index contributed by atoms with van der Waals surface area (Å²) in [6, 6.07) is 0. The van der Waals surface area contributed by atoms with E-state index in [0.717, 1.165) is 43.3 Å². The van der Waals surface area contributed by atoms with E-state index in [1.807, 2.05) is 0 Å². The average molecular weight is 429 g/mol. The van der Waals surface area contributed by atoms with E-state index in [0.29, 0.717) is 24.7 Å². The topological polar surface area (TPSA) is 60.7 Å². The summed E-state index contributed by atoms with van der Waals surface area (Å²) in [7, 11) is 0. The predicted octanol–water partition coefficient (Wildman–Crippen LogP) is 5.93. The average Bonchev–Trinajstić information content (AvgIpc) is 2.91. The van der Waals surface area contributed by atoms with Crippen LogP contribution in [-0.4, -0.2) is 27.2 Å². The number of aliphatic hydroxyl groups is 3. The Morgan fingerprint density at radius 1 is 1.06 bits per heavy atom. The van der Waals surface area contributed by atoms with Gasteiger partial charge in [-0.15, -0.1) is 0 Å². The number of fused-ring (bicyclic) bond motifs is 1. The molecule has 0 aromatic carbocycles. The molecule has 3 heteroatoms. The van der Waals surface area contributed by atoms with Gasteiger partial charge in [0.1, 0.15) is 0 Å². The van der Waals surface area contributed by atoms with Gasteiger partial charge in [0, 0.05) is 12.3 Å². The highest BCUT2D eigenvalue weighted by atomic mass is 16.5. The molecular weight excluding hydrogens is 384 g/mol. The van der Waals surface area contributed by atoms with Crippen LogP contribution in [-0.2, 0) is 0 Å². The van der Waals surface area contributed by atoms with E-state index >= 15 is 0 Å². The van der Waals surface area contributed by atoms with Gasteiger partial charge in [-0.25, -0.2) is 0 Å². The quantitative estimate of drug-likeness (QED) is 0.375. The Morgan fingerprint density at radius 3 is 2.45 bits per heavy atom. The molecule has 3 N–H and O–H groups in total. The van der Waals surface area contributed by atoms with Crippen molar-refractivity contribution in [2.45, 2.75) is 91.5 Å². The van der Waals surface area contributed by atoms with E-state index in [4.69, 9.17) is 0 Å². The minimum absolute atomic E-state index is 0.108. The SMILES string of the molecule is C=C1CC[C@H](O)C/C1=C\C=C1/CCC[C@]2(C)C1CC(O)(O)[C@H]2[C@H](C)/C=C/[C@H](C)C(C)C. The largest absolute Gasteiger partial charge is 0.393 e. The molecule has 0 heterocycles. The molecule has 0 radical (unpaired) electrons. The van der Waals surface area contributed by atoms with Gasteiger partial charge in [-0.3, -0.25) is 0 Å². The Morgan fingerprint density at radius 2 is 1.77 bits per heavy atom. The third kappa shape index (κ3) is 5.10. The second-order valence-corrected chi connectivity index (χ2v) is 11.3. The Bertz CT molecular complexity index is 756. The first-order valence-corrected chi connectivity index (χ1v) is 12.3. The second kappa shape index (κ2) is 9.37. The normalized spacial score (nSPS) is 38.2. The van der Waals surface area contributed by atoms with Gasteiger partial charge < -0.3 is 15.3 Å². The molecule has 0 aliphatic heterocycles. The van der Waals surface area contributed by atoms with Crippen molar-refractivity contribution in [1.82, 2.24) is 0 Å². The van der Waals surface area contributed by atoms with Gasteiger partial charge in [0.15, 0.2) is 5.79 Å². The number of aliphatic hydroxyl groups excluding tert-OH is 1. The molecule has 0 aromatic rings. The lowest BCUT2D eigenvalue weighted by molar-refractivity contribution is -0.205. The molecule has 3 aliphatic rings. The van der Waals surface area contributed by atoms with Crippen LogP contribution < -0.4 is 0 Å². The lowest BCUT2D eigenvalue weighted by Gasteiger charge is -2.44. The summed E-state index contributed by atoms with van der Waals surface area (Å²) in [5.41, 5.74) is 3.48. The zero-order valence-electron chi connectivity index (χ0n) is 20.3. The molecule has 3 rings (SSSR count). The van der Waals surface area contributed by atoms with Gasteiger partial charge in [0.25, 0.3) is 0 Å². The molecule has 0 aromatic heterocycles. The molecule has 3 aliphatic carbocycles. The number of hydrogen-bond donors (Lipinski definition) is 3. The summed E-state index contributed by atoms with van der Waals surface area (Å²) in [6.07, 6.45) is 14.4.